The van der Waals surface area contributed by atoms with Gasteiger partial charge in [-0.3, -0.25) is 0 Å². The van der Waals surface area contributed by atoms with Crippen molar-refractivity contribution in [2.75, 3.05) is 0 Å². The standard InChI is InChI=1S/C14H9F4NO2/c15-11-7-9(5-6-20)1-3-12(11)21-10-2-4-13(19-8-10)14(16,17)18/h1-4,6-8H,5H2. The van der Waals surface area contributed by atoms with Gasteiger partial charge >= 0.3 is 6.18 Å². The topological polar surface area (TPSA) is 39.2 Å². The predicted molar refractivity (Wildman–Crippen MR) is 65.5 cm³/mol. The fourth-order valence-electron chi connectivity index (χ4n) is 1.59. The van der Waals surface area contributed by atoms with Crippen molar-refractivity contribution in [2.45, 2.75) is 12.6 Å². The van der Waals surface area contributed by atoms with Gasteiger partial charge in [-0.15, -0.1) is 0 Å². The summed E-state index contributed by atoms with van der Waals surface area (Å²) in [7, 11) is 0. The third-order valence-electron chi connectivity index (χ3n) is 2.57. The number of ether oxygens (including phenoxy) is 1. The maximum Gasteiger partial charge on any atom is 0.433 e. The van der Waals surface area contributed by atoms with E-state index in [9.17, 15) is 22.4 Å². The molecule has 0 saturated carbocycles. The first-order valence-electron chi connectivity index (χ1n) is 5.83. The fourth-order valence-corrected chi connectivity index (χ4v) is 1.59. The van der Waals surface area contributed by atoms with Crippen molar-refractivity contribution in [2.24, 2.45) is 0 Å². The van der Waals surface area contributed by atoms with E-state index >= 15 is 0 Å². The first kappa shape index (κ1) is 15.0. The van der Waals surface area contributed by atoms with Crippen LogP contribution in [0.3, 0.4) is 0 Å². The summed E-state index contributed by atoms with van der Waals surface area (Å²) in [4.78, 5) is 13.5. The summed E-state index contributed by atoms with van der Waals surface area (Å²) in [5, 5.41) is 0. The molecule has 0 unspecified atom stereocenters. The molecule has 0 aliphatic rings. The first-order valence-corrected chi connectivity index (χ1v) is 5.83. The molecule has 2 rings (SSSR count). The van der Waals surface area contributed by atoms with Crippen molar-refractivity contribution >= 4 is 6.29 Å². The SMILES string of the molecule is O=CCc1ccc(Oc2ccc(C(F)(F)F)nc2)c(F)c1. The lowest BCUT2D eigenvalue weighted by molar-refractivity contribution is -0.141. The van der Waals surface area contributed by atoms with E-state index in [0.717, 1.165) is 24.4 Å². The Kier molecular flexibility index (Phi) is 4.21. The molecular weight excluding hydrogens is 290 g/mol. The Balaban J connectivity index is 2.16. The second kappa shape index (κ2) is 5.90. The first-order chi connectivity index (χ1) is 9.90. The van der Waals surface area contributed by atoms with Gasteiger partial charge in [-0.25, -0.2) is 9.37 Å². The molecule has 0 bridgehead atoms. The fraction of sp³-hybridized carbons (Fsp3) is 0.143. The molecule has 0 aliphatic heterocycles. The average molecular weight is 299 g/mol. The summed E-state index contributed by atoms with van der Waals surface area (Å²) >= 11 is 0. The zero-order valence-electron chi connectivity index (χ0n) is 10.5. The molecule has 21 heavy (non-hydrogen) atoms. The number of carbonyl (C=O) groups is 1. The van der Waals surface area contributed by atoms with E-state index in [0.29, 0.717) is 11.8 Å². The largest absolute Gasteiger partial charge is 0.453 e. The minimum atomic E-state index is -4.54. The van der Waals surface area contributed by atoms with E-state index in [4.69, 9.17) is 4.74 Å². The Morgan fingerprint density at radius 3 is 2.48 bits per heavy atom. The second-order valence-electron chi connectivity index (χ2n) is 4.11. The van der Waals surface area contributed by atoms with Gasteiger partial charge in [-0.1, -0.05) is 6.07 Å². The number of aldehydes is 1. The molecule has 2 aromatic rings. The molecular formula is C14H9F4NO2. The number of pyridine rings is 1. The molecule has 0 saturated heterocycles. The van der Waals surface area contributed by atoms with Crippen LogP contribution in [0.15, 0.2) is 36.5 Å². The Hall–Kier alpha value is -2.44. The van der Waals surface area contributed by atoms with E-state index in [1.54, 1.807) is 0 Å². The Labute approximate surface area is 117 Å². The van der Waals surface area contributed by atoms with Crippen molar-refractivity contribution < 1.29 is 27.1 Å². The molecule has 1 aromatic carbocycles. The number of hydrogen-bond donors (Lipinski definition) is 0. The Morgan fingerprint density at radius 1 is 1.19 bits per heavy atom. The summed E-state index contributed by atoms with van der Waals surface area (Å²) in [5.41, 5.74) is -0.586. The van der Waals surface area contributed by atoms with E-state index in [1.807, 2.05) is 0 Å². The molecule has 1 aromatic heterocycles. The quantitative estimate of drug-likeness (QED) is 0.637. The highest BCUT2D eigenvalue weighted by molar-refractivity contribution is 5.55. The molecule has 0 radical (unpaired) electrons. The molecule has 0 fully saturated rings. The highest BCUT2D eigenvalue weighted by atomic mass is 19.4. The van der Waals surface area contributed by atoms with Gasteiger partial charge < -0.3 is 9.53 Å². The summed E-state index contributed by atoms with van der Waals surface area (Å²) < 4.78 is 55.8. The number of alkyl halides is 3. The minimum absolute atomic E-state index is 0.0231. The lowest BCUT2D eigenvalue weighted by Gasteiger charge is -2.09. The average Bonchev–Trinajstić information content (AvgIpc) is 2.42. The number of rotatable bonds is 4. The van der Waals surface area contributed by atoms with Crippen LogP contribution >= 0.6 is 0 Å². The number of carbonyl (C=O) groups excluding carboxylic acids is 1. The van der Waals surface area contributed by atoms with Crippen LogP contribution in [0.5, 0.6) is 11.5 Å². The maximum atomic E-state index is 13.7. The van der Waals surface area contributed by atoms with Crippen molar-refractivity contribution in [1.82, 2.24) is 4.98 Å². The lowest BCUT2D eigenvalue weighted by atomic mass is 10.1. The van der Waals surface area contributed by atoms with Gasteiger partial charge in [0.25, 0.3) is 0 Å². The number of halogens is 4. The zero-order valence-corrected chi connectivity index (χ0v) is 10.5. The highest BCUT2D eigenvalue weighted by Gasteiger charge is 2.32. The molecule has 7 heteroatoms. The minimum Gasteiger partial charge on any atom is -0.453 e. The van der Waals surface area contributed by atoms with E-state index in [1.165, 1.54) is 12.1 Å². The van der Waals surface area contributed by atoms with E-state index in [2.05, 4.69) is 4.98 Å². The number of hydrogen-bond acceptors (Lipinski definition) is 3. The van der Waals surface area contributed by atoms with Gasteiger partial charge in [0.2, 0.25) is 0 Å². The van der Waals surface area contributed by atoms with Gasteiger partial charge in [-0.05, 0) is 29.8 Å². The van der Waals surface area contributed by atoms with Crippen LogP contribution in [-0.4, -0.2) is 11.3 Å². The predicted octanol–water partition coefficient (Wildman–Crippen LogP) is 3.77. The Bertz CT molecular complexity index is 638. The van der Waals surface area contributed by atoms with Crippen molar-refractivity contribution in [3.05, 3.63) is 53.6 Å². The monoisotopic (exact) mass is 299 g/mol. The van der Waals surface area contributed by atoms with Gasteiger partial charge in [0.1, 0.15) is 17.7 Å². The summed E-state index contributed by atoms with van der Waals surface area (Å²) in [6.45, 7) is 0. The second-order valence-corrected chi connectivity index (χ2v) is 4.11. The third kappa shape index (κ3) is 3.77. The van der Waals surface area contributed by atoms with E-state index in [-0.39, 0.29) is 17.9 Å². The molecule has 0 amide bonds. The number of aromatic nitrogens is 1. The van der Waals surface area contributed by atoms with Crippen molar-refractivity contribution in [3.8, 4) is 11.5 Å². The van der Waals surface area contributed by atoms with Gasteiger partial charge in [0.15, 0.2) is 11.6 Å². The van der Waals surface area contributed by atoms with Gasteiger partial charge in [-0.2, -0.15) is 13.2 Å². The smallest absolute Gasteiger partial charge is 0.433 e. The van der Waals surface area contributed by atoms with Crippen LogP contribution < -0.4 is 4.74 Å². The molecule has 3 nitrogen and oxygen atoms in total. The zero-order chi connectivity index (χ0) is 15.5. The van der Waals surface area contributed by atoms with Crippen LogP contribution in [0.2, 0.25) is 0 Å². The van der Waals surface area contributed by atoms with Gasteiger partial charge in [0.05, 0.1) is 6.20 Å². The van der Waals surface area contributed by atoms with Crippen LogP contribution in [0.25, 0.3) is 0 Å². The normalized spacial score (nSPS) is 11.2. The van der Waals surface area contributed by atoms with Crippen LogP contribution in [0.1, 0.15) is 11.3 Å². The molecule has 1 heterocycles. The summed E-state index contributed by atoms with van der Waals surface area (Å²) in [6.07, 6.45) is -2.98. The summed E-state index contributed by atoms with van der Waals surface area (Å²) in [6, 6.07) is 5.71. The number of benzene rings is 1. The van der Waals surface area contributed by atoms with Crippen molar-refractivity contribution in [1.29, 1.82) is 0 Å². The maximum absolute atomic E-state index is 13.7. The third-order valence-corrected chi connectivity index (χ3v) is 2.57. The molecule has 110 valence electrons. The molecule has 0 N–H and O–H groups in total. The number of nitrogens with zero attached hydrogens (tertiary/aromatic N) is 1. The van der Waals surface area contributed by atoms with Crippen molar-refractivity contribution in [3.63, 3.8) is 0 Å². The van der Waals surface area contributed by atoms with Crippen LogP contribution in [0, 0.1) is 5.82 Å². The van der Waals surface area contributed by atoms with E-state index < -0.39 is 17.7 Å². The molecule has 0 aliphatic carbocycles. The molecule has 0 spiro atoms. The molecule has 0 atom stereocenters. The Morgan fingerprint density at radius 2 is 1.95 bits per heavy atom. The van der Waals surface area contributed by atoms with Gasteiger partial charge in [0, 0.05) is 6.42 Å². The summed E-state index contributed by atoms with van der Waals surface area (Å²) in [5.74, 6) is -0.898. The van der Waals surface area contributed by atoms with Crippen LogP contribution in [-0.2, 0) is 17.4 Å². The lowest BCUT2D eigenvalue weighted by Crippen LogP contribution is -2.07. The van der Waals surface area contributed by atoms with Crippen LogP contribution in [0.4, 0.5) is 17.6 Å². The highest BCUT2D eigenvalue weighted by Crippen LogP contribution is 2.30.